The lowest BCUT2D eigenvalue weighted by Crippen LogP contribution is -2.43. The fourth-order valence-corrected chi connectivity index (χ4v) is 2.17. The molecule has 1 N–H and O–H groups in total. The second-order valence-electron chi connectivity index (χ2n) is 4.75. The number of carbonyl (C=O) groups is 1. The average molecular weight is 215 g/mol. The van der Waals surface area contributed by atoms with Gasteiger partial charge in [0.05, 0.1) is 12.1 Å². The number of ether oxygens (including phenoxy) is 1. The summed E-state index contributed by atoms with van der Waals surface area (Å²) in [7, 11) is 1.51. The topological polar surface area (TPSA) is 49.8 Å². The molecule has 1 saturated heterocycles. The number of likely N-dealkylation sites (tertiary alicyclic amines) is 1. The Balaban J connectivity index is 2.67. The standard InChI is InChI=1S/C11H21NO3/c1-8(2)11(14)7-12(5-9(11)3)10(13)6-15-4/h8-9,14H,5-7H2,1-4H3/t9-,11-/m1/s1. The van der Waals surface area contributed by atoms with E-state index in [9.17, 15) is 9.90 Å². The van der Waals surface area contributed by atoms with Crippen LogP contribution in [0.1, 0.15) is 20.8 Å². The van der Waals surface area contributed by atoms with Gasteiger partial charge in [-0.1, -0.05) is 20.8 Å². The molecule has 2 atom stereocenters. The van der Waals surface area contributed by atoms with E-state index in [2.05, 4.69) is 0 Å². The van der Waals surface area contributed by atoms with Gasteiger partial charge >= 0.3 is 0 Å². The fraction of sp³-hybridized carbons (Fsp3) is 0.909. The number of hydrogen-bond donors (Lipinski definition) is 1. The lowest BCUT2D eigenvalue weighted by Gasteiger charge is -2.30. The number of hydrogen-bond acceptors (Lipinski definition) is 3. The third-order valence-electron chi connectivity index (χ3n) is 3.41. The van der Waals surface area contributed by atoms with Gasteiger partial charge in [-0.2, -0.15) is 0 Å². The second-order valence-corrected chi connectivity index (χ2v) is 4.75. The molecule has 1 heterocycles. The van der Waals surface area contributed by atoms with Crippen LogP contribution in [0.5, 0.6) is 0 Å². The Kier molecular flexibility index (Phi) is 3.73. The maximum Gasteiger partial charge on any atom is 0.248 e. The number of β-amino-alcohol motifs (C(OH)–C–C–N with tert-alkyl or cyclic N) is 1. The van der Waals surface area contributed by atoms with Crippen LogP contribution in [0.25, 0.3) is 0 Å². The lowest BCUT2D eigenvalue weighted by atomic mass is 9.82. The fourth-order valence-electron chi connectivity index (χ4n) is 2.17. The Morgan fingerprint density at radius 1 is 1.67 bits per heavy atom. The van der Waals surface area contributed by atoms with Crippen LogP contribution in [0.3, 0.4) is 0 Å². The molecule has 0 saturated carbocycles. The molecule has 0 bridgehead atoms. The summed E-state index contributed by atoms with van der Waals surface area (Å²) in [6.07, 6.45) is 0. The smallest absolute Gasteiger partial charge is 0.248 e. The number of aliphatic hydroxyl groups is 1. The Bertz CT molecular complexity index is 242. The van der Waals surface area contributed by atoms with Crippen LogP contribution in [-0.2, 0) is 9.53 Å². The van der Waals surface area contributed by atoms with Crippen LogP contribution in [0.4, 0.5) is 0 Å². The first-order chi connectivity index (χ1) is 6.91. The molecule has 0 unspecified atom stereocenters. The van der Waals surface area contributed by atoms with Crippen LogP contribution in [0.2, 0.25) is 0 Å². The predicted octanol–water partition coefficient (Wildman–Crippen LogP) is 0.498. The van der Waals surface area contributed by atoms with Crippen molar-refractivity contribution in [2.45, 2.75) is 26.4 Å². The van der Waals surface area contributed by atoms with Crippen molar-refractivity contribution in [3.8, 4) is 0 Å². The first-order valence-corrected chi connectivity index (χ1v) is 5.41. The SMILES string of the molecule is COCC(=O)N1C[C@@H](C)[C@](O)(C(C)C)C1. The molecule has 4 heteroatoms. The summed E-state index contributed by atoms with van der Waals surface area (Å²) in [5, 5.41) is 10.4. The first kappa shape index (κ1) is 12.5. The minimum absolute atomic E-state index is 0.0408. The Hall–Kier alpha value is -0.610. The van der Waals surface area contributed by atoms with E-state index in [1.54, 1.807) is 4.90 Å². The largest absolute Gasteiger partial charge is 0.387 e. The van der Waals surface area contributed by atoms with Gasteiger partial charge in [-0.05, 0) is 5.92 Å². The van der Waals surface area contributed by atoms with Crippen molar-refractivity contribution in [3.63, 3.8) is 0 Å². The molecule has 0 aromatic rings. The molecule has 1 fully saturated rings. The van der Waals surface area contributed by atoms with Gasteiger partial charge in [0, 0.05) is 19.6 Å². The molecule has 1 aliphatic heterocycles. The third-order valence-corrected chi connectivity index (χ3v) is 3.41. The van der Waals surface area contributed by atoms with Crippen LogP contribution < -0.4 is 0 Å². The molecule has 0 aliphatic carbocycles. The zero-order valence-electron chi connectivity index (χ0n) is 9.99. The molecule has 4 nitrogen and oxygen atoms in total. The Morgan fingerprint density at radius 2 is 2.27 bits per heavy atom. The predicted molar refractivity (Wildman–Crippen MR) is 57.4 cm³/mol. The summed E-state index contributed by atoms with van der Waals surface area (Å²) in [5.41, 5.74) is -0.747. The second kappa shape index (κ2) is 4.49. The molecule has 1 amide bonds. The minimum atomic E-state index is -0.747. The van der Waals surface area contributed by atoms with Crippen LogP contribution in [0.15, 0.2) is 0 Å². The van der Waals surface area contributed by atoms with E-state index in [4.69, 9.17) is 4.74 Å². The highest BCUT2D eigenvalue weighted by Crippen LogP contribution is 2.33. The van der Waals surface area contributed by atoms with E-state index in [0.29, 0.717) is 13.1 Å². The molecule has 1 aliphatic rings. The van der Waals surface area contributed by atoms with E-state index < -0.39 is 5.60 Å². The van der Waals surface area contributed by atoms with Crippen molar-refractivity contribution in [1.82, 2.24) is 4.90 Å². The summed E-state index contributed by atoms with van der Waals surface area (Å²) in [5.74, 6) is 0.243. The number of amides is 1. The molecule has 0 aromatic heterocycles. The maximum atomic E-state index is 11.6. The van der Waals surface area contributed by atoms with Crippen molar-refractivity contribution in [3.05, 3.63) is 0 Å². The monoisotopic (exact) mass is 215 g/mol. The zero-order chi connectivity index (χ0) is 11.6. The first-order valence-electron chi connectivity index (χ1n) is 5.41. The summed E-state index contributed by atoms with van der Waals surface area (Å²) >= 11 is 0. The minimum Gasteiger partial charge on any atom is -0.387 e. The van der Waals surface area contributed by atoms with Crippen molar-refractivity contribution in [1.29, 1.82) is 0 Å². The van der Waals surface area contributed by atoms with Crippen LogP contribution in [-0.4, -0.2) is 48.3 Å². The summed E-state index contributed by atoms with van der Waals surface area (Å²) in [6.45, 7) is 7.10. The molecular weight excluding hydrogens is 194 g/mol. The van der Waals surface area contributed by atoms with Gasteiger partial charge in [0.25, 0.3) is 0 Å². The lowest BCUT2D eigenvalue weighted by molar-refractivity contribution is -0.135. The summed E-state index contributed by atoms with van der Waals surface area (Å²) in [6, 6.07) is 0. The zero-order valence-corrected chi connectivity index (χ0v) is 9.99. The van der Waals surface area contributed by atoms with E-state index in [-0.39, 0.29) is 24.3 Å². The molecular formula is C11H21NO3. The van der Waals surface area contributed by atoms with Gasteiger partial charge in [0.15, 0.2) is 0 Å². The highest BCUT2D eigenvalue weighted by Gasteiger charge is 2.46. The highest BCUT2D eigenvalue weighted by atomic mass is 16.5. The molecule has 0 spiro atoms. The third kappa shape index (κ3) is 2.32. The van der Waals surface area contributed by atoms with E-state index in [1.807, 2.05) is 20.8 Å². The normalized spacial score (nSPS) is 31.3. The maximum absolute atomic E-state index is 11.6. The molecule has 1 rings (SSSR count). The molecule has 88 valence electrons. The van der Waals surface area contributed by atoms with Gasteiger partial charge in [0.1, 0.15) is 6.61 Å². The summed E-state index contributed by atoms with van der Waals surface area (Å²) < 4.78 is 4.81. The van der Waals surface area contributed by atoms with Gasteiger partial charge < -0.3 is 14.7 Å². The summed E-state index contributed by atoms with van der Waals surface area (Å²) in [4.78, 5) is 13.3. The highest BCUT2D eigenvalue weighted by molar-refractivity contribution is 5.78. The van der Waals surface area contributed by atoms with Gasteiger partial charge in [0.2, 0.25) is 5.91 Å². The average Bonchev–Trinajstić information content (AvgIpc) is 2.45. The molecule has 0 aromatic carbocycles. The van der Waals surface area contributed by atoms with Crippen molar-refractivity contribution in [2.75, 3.05) is 26.8 Å². The van der Waals surface area contributed by atoms with E-state index in [0.717, 1.165) is 0 Å². The Morgan fingerprint density at radius 3 is 2.67 bits per heavy atom. The number of rotatable bonds is 3. The Labute approximate surface area is 91.2 Å². The van der Waals surface area contributed by atoms with Crippen molar-refractivity contribution >= 4 is 5.91 Å². The van der Waals surface area contributed by atoms with E-state index in [1.165, 1.54) is 7.11 Å². The van der Waals surface area contributed by atoms with Crippen molar-refractivity contribution in [2.24, 2.45) is 11.8 Å². The van der Waals surface area contributed by atoms with Crippen molar-refractivity contribution < 1.29 is 14.6 Å². The number of methoxy groups -OCH3 is 1. The molecule has 15 heavy (non-hydrogen) atoms. The van der Waals surface area contributed by atoms with Gasteiger partial charge in [-0.3, -0.25) is 4.79 Å². The van der Waals surface area contributed by atoms with Crippen LogP contribution in [0, 0.1) is 11.8 Å². The molecule has 0 radical (unpaired) electrons. The van der Waals surface area contributed by atoms with Gasteiger partial charge in [-0.25, -0.2) is 0 Å². The quantitative estimate of drug-likeness (QED) is 0.745. The number of carbonyl (C=O) groups excluding carboxylic acids is 1. The number of nitrogens with zero attached hydrogens (tertiary/aromatic N) is 1. The van der Waals surface area contributed by atoms with E-state index >= 15 is 0 Å². The van der Waals surface area contributed by atoms with Gasteiger partial charge in [-0.15, -0.1) is 0 Å². The van der Waals surface area contributed by atoms with Crippen LogP contribution >= 0.6 is 0 Å².